The van der Waals surface area contributed by atoms with Gasteiger partial charge < -0.3 is 9.84 Å². The van der Waals surface area contributed by atoms with Crippen LogP contribution in [0.15, 0.2) is 29.8 Å². The highest BCUT2D eigenvalue weighted by Crippen LogP contribution is 2.34. The highest BCUT2D eigenvalue weighted by Gasteiger charge is 2.32. The third-order valence-electron chi connectivity index (χ3n) is 6.54. The van der Waals surface area contributed by atoms with Crippen LogP contribution >= 0.6 is 0 Å². The number of ether oxygens (including phenoxy) is 1. The summed E-state index contributed by atoms with van der Waals surface area (Å²) in [5, 5.41) is 10.8. The number of hydrogen-bond donors (Lipinski definition) is 1. The average molecular weight is 341 g/mol. The Morgan fingerprint density at radius 2 is 1.88 bits per heavy atom. The van der Waals surface area contributed by atoms with Gasteiger partial charge in [-0.3, -0.25) is 4.90 Å². The van der Waals surface area contributed by atoms with E-state index >= 15 is 0 Å². The zero-order chi connectivity index (χ0) is 17.3. The van der Waals surface area contributed by atoms with Crippen LogP contribution in [0.25, 0.3) is 6.08 Å². The van der Waals surface area contributed by atoms with Crippen molar-refractivity contribution in [1.29, 1.82) is 0 Å². The van der Waals surface area contributed by atoms with E-state index in [2.05, 4.69) is 42.2 Å². The van der Waals surface area contributed by atoms with Crippen molar-refractivity contribution in [1.82, 2.24) is 4.90 Å². The molecule has 0 spiro atoms. The lowest BCUT2D eigenvalue weighted by Gasteiger charge is -2.42. The largest absolute Gasteiger partial charge is 0.385 e. The normalized spacial score (nSPS) is 29.5. The lowest BCUT2D eigenvalue weighted by Crippen LogP contribution is -2.46. The Balaban J connectivity index is 1.42. The summed E-state index contributed by atoms with van der Waals surface area (Å²) in [5.74, 6) is 0.647. The molecule has 1 aromatic rings. The van der Waals surface area contributed by atoms with E-state index in [1.54, 1.807) is 5.57 Å². The van der Waals surface area contributed by atoms with Crippen molar-refractivity contribution in [2.45, 2.75) is 57.1 Å². The van der Waals surface area contributed by atoms with Crippen LogP contribution in [0.1, 0.15) is 56.6 Å². The van der Waals surface area contributed by atoms with Gasteiger partial charge in [-0.1, -0.05) is 49.3 Å². The molecular weight excluding hydrogens is 310 g/mol. The maximum Gasteiger partial charge on any atom is 0.0940 e. The van der Waals surface area contributed by atoms with E-state index < -0.39 is 5.60 Å². The van der Waals surface area contributed by atoms with Gasteiger partial charge in [0, 0.05) is 45.2 Å². The number of rotatable bonds is 3. The molecule has 1 aromatic carbocycles. The molecule has 0 amide bonds. The Morgan fingerprint density at radius 3 is 2.48 bits per heavy atom. The molecule has 1 N–H and O–H groups in total. The predicted molar refractivity (Wildman–Crippen MR) is 101 cm³/mol. The van der Waals surface area contributed by atoms with Gasteiger partial charge in [-0.25, -0.2) is 0 Å². The van der Waals surface area contributed by atoms with Crippen molar-refractivity contribution in [3.63, 3.8) is 0 Å². The summed E-state index contributed by atoms with van der Waals surface area (Å²) in [6.07, 6.45) is 9.19. The highest BCUT2D eigenvalue weighted by molar-refractivity contribution is 5.54. The van der Waals surface area contributed by atoms with E-state index in [1.807, 2.05) is 0 Å². The molecule has 0 radical (unpaired) electrons. The van der Waals surface area contributed by atoms with Crippen molar-refractivity contribution >= 4 is 6.08 Å². The molecule has 0 aromatic heterocycles. The minimum absolute atomic E-state index is 0.647. The Bertz CT molecular complexity index is 611. The molecule has 2 heterocycles. The van der Waals surface area contributed by atoms with Crippen LogP contribution in [0.4, 0.5) is 0 Å². The maximum atomic E-state index is 10.8. The van der Waals surface area contributed by atoms with Crippen LogP contribution < -0.4 is 0 Å². The molecule has 3 fully saturated rings. The van der Waals surface area contributed by atoms with Gasteiger partial charge in [0.25, 0.3) is 0 Å². The van der Waals surface area contributed by atoms with Crippen molar-refractivity contribution in [2.24, 2.45) is 5.92 Å². The lowest BCUT2D eigenvalue weighted by molar-refractivity contribution is -0.0679. The van der Waals surface area contributed by atoms with Gasteiger partial charge >= 0.3 is 0 Å². The van der Waals surface area contributed by atoms with E-state index in [-0.39, 0.29) is 0 Å². The lowest BCUT2D eigenvalue weighted by atomic mass is 9.84. The van der Waals surface area contributed by atoms with Crippen LogP contribution in [0, 0.1) is 5.92 Å². The molecule has 4 rings (SSSR count). The Morgan fingerprint density at radius 1 is 1.16 bits per heavy atom. The molecule has 136 valence electrons. The molecule has 0 bridgehead atoms. The summed E-state index contributed by atoms with van der Waals surface area (Å²) < 4.78 is 5.39. The summed E-state index contributed by atoms with van der Waals surface area (Å²) in [6.45, 7) is 6.11. The van der Waals surface area contributed by atoms with Crippen LogP contribution in [0.5, 0.6) is 0 Å². The molecule has 3 aliphatic rings. The molecule has 25 heavy (non-hydrogen) atoms. The number of piperidine rings is 1. The summed E-state index contributed by atoms with van der Waals surface area (Å²) in [6, 6.07) is 9.41. The first-order valence-electron chi connectivity index (χ1n) is 9.99. The van der Waals surface area contributed by atoms with Crippen molar-refractivity contribution < 1.29 is 9.84 Å². The molecule has 1 unspecified atom stereocenters. The van der Waals surface area contributed by atoms with Crippen LogP contribution in [0.2, 0.25) is 0 Å². The smallest absolute Gasteiger partial charge is 0.0940 e. The summed E-state index contributed by atoms with van der Waals surface area (Å²) in [5.41, 5.74) is 3.17. The van der Waals surface area contributed by atoms with Gasteiger partial charge in [0.15, 0.2) is 0 Å². The zero-order valence-electron chi connectivity index (χ0n) is 15.4. The fourth-order valence-electron chi connectivity index (χ4n) is 4.48. The van der Waals surface area contributed by atoms with Gasteiger partial charge in [-0.05, 0) is 36.3 Å². The van der Waals surface area contributed by atoms with E-state index in [1.165, 1.54) is 44.3 Å². The van der Waals surface area contributed by atoms with Crippen LogP contribution in [-0.2, 0) is 10.3 Å². The summed E-state index contributed by atoms with van der Waals surface area (Å²) in [7, 11) is 0. The van der Waals surface area contributed by atoms with Crippen molar-refractivity contribution in [3.05, 3.63) is 41.0 Å². The first-order chi connectivity index (χ1) is 12.1. The molecule has 1 atom stereocenters. The van der Waals surface area contributed by atoms with Crippen molar-refractivity contribution in [3.8, 4) is 0 Å². The minimum atomic E-state index is -0.703. The standard InChI is InChI=1S/C22H31NO2/c1-17-16-23(21-3-2-4-21)12-9-19(17)15-18-5-7-20(8-6-18)22(24)10-13-25-14-11-22/h5-8,15,17,21,24H,2-4,9-14,16H2,1H3. The van der Waals surface area contributed by atoms with E-state index in [0.717, 1.165) is 11.6 Å². The Labute approximate surface area is 151 Å². The summed E-state index contributed by atoms with van der Waals surface area (Å²) in [4.78, 5) is 2.70. The molecule has 2 saturated heterocycles. The average Bonchev–Trinajstić information content (AvgIpc) is 2.57. The third kappa shape index (κ3) is 3.69. The SMILES string of the molecule is CC1CN(C2CCC2)CCC1=Cc1ccc(C2(O)CCOCC2)cc1. The number of nitrogens with zero attached hydrogens (tertiary/aromatic N) is 1. The second kappa shape index (κ2) is 7.22. The van der Waals surface area contributed by atoms with Gasteiger partial charge in [-0.2, -0.15) is 0 Å². The quantitative estimate of drug-likeness (QED) is 0.903. The van der Waals surface area contributed by atoms with E-state index in [0.29, 0.717) is 32.0 Å². The van der Waals surface area contributed by atoms with Crippen LogP contribution in [-0.4, -0.2) is 42.4 Å². The number of aliphatic hydroxyl groups is 1. The Kier molecular flexibility index (Phi) is 4.99. The predicted octanol–water partition coefficient (Wildman–Crippen LogP) is 3.96. The second-order valence-electron chi connectivity index (χ2n) is 8.22. The second-order valence-corrected chi connectivity index (χ2v) is 8.22. The van der Waals surface area contributed by atoms with Gasteiger partial charge in [0.1, 0.15) is 0 Å². The van der Waals surface area contributed by atoms with Gasteiger partial charge in [0.05, 0.1) is 5.60 Å². The maximum absolute atomic E-state index is 10.8. The molecule has 3 heteroatoms. The van der Waals surface area contributed by atoms with Gasteiger partial charge in [0.2, 0.25) is 0 Å². The first kappa shape index (κ1) is 17.3. The third-order valence-corrected chi connectivity index (χ3v) is 6.54. The number of likely N-dealkylation sites (tertiary alicyclic amines) is 1. The molecule has 2 aliphatic heterocycles. The zero-order valence-corrected chi connectivity index (χ0v) is 15.4. The fourth-order valence-corrected chi connectivity index (χ4v) is 4.48. The monoisotopic (exact) mass is 341 g/mol. The highest BCUT2D eigenvalue weighted by atomic mass is 16.5. The van der Waals surface area contributed by atoms with Crippen LogP contribution in [0.3, 0.4) is 0 Å². The van der Waals surface area contributed by atoms with Crippen molar-refractivity contribution in [2.75, 3.05) is 26.3 Å². The number of benzene rings is 1. The number of hydrogen-bond acceptors (Lipinski definition) is 3. The fraction of sp³-hybridized carbons (Fsp3) is 0.636. The Hall–Kier alpha value is -1.16. The summed E-state index contributed by atoms with van der Waals surface area (Å²) >= 11 is 0. The molecule has 3 nitrogen and oxygen atoms in total. The van der Waals surface area contributed by atoms with E-state index in [9.17, 15) is 5.11 Å². The topological polar surface area (TPSA) is 32.7 Å². The van der Waals surface area contributed by atoms with E-state index in [4.69, 9.17) is 4.74 Å². The molecular formula is C22H31NO2. The van der Waals surface area contributed by atoms with Gasteiger partial charge in [-0.15, -0.1) is 0 Å². The minimum Gasteiger partial charge on any atom is -0.385 e. The first-order valence-corrected chi connectivity index (χ1v) is 9.99. The molecule has 1 aliphatic carbocycles. The molecule has 1 saturated carbocycles.